The van der Waals surface area contributed by atoms with E-state index < -0.39 is 11.7 Å². The Balaban J connectivity index is 0.000000878. The first kappa shape index (κ1) is 23.0. The average Bonchev–Trinajstić information content (AvgIpc) is 2.68. The monoisotopic (exact) mass is 533 g/mol. The predicted octanol–water partition coefficient (Wildman–Crippen LogP) is 7.98. The van der Waals surface area contributed by atoms with Gasteiger partial charge in [0.15, 0.2) is 0 Å². The molecule has 0 radical (unpaired) electrons. The fourth-order valence-electron chi connectivity index (χ4n) is 2.27. The van der Waals surface area contributed by atoms with E-state index in [1.165, 1.54) is 30.1 Å². The third-order valence-corrected chi connectivity index (χ3v) is 4.52. The van der Waals surface area contributed by atoms with Crippen molar-refractivity contribution < 1.29 is 29.1 Å². The maximum atomic E-state index is 13.1. The van der Waals surface area contributed by atoms with Gasteiger partial charge in [-0.25, -0.2) is 0 Å². The number of nitrogens with zero attached hydrogens (tertiary/aromatic N) is 1. The second kappa shape index (κ2) is 11.7. The number of aliphatic imine (C=N–C) groups is 1. The van der Waals surface area contributed by atoms with E-state index in [2.05, 4.69) is 4.99 Å². The number of para-hydroxylation sites is 1. The van der Waals surface area contributed by atoms with Crippen LogP contribution in [0.2, 0.25) is 0 Å². The van der Waals surface area contributed by atoms with E-state index in [-0.39, 0.29) is 21.5 Å². The third kappa shape index (κ3) is 7.27. The molecule has 3 rings (SSSR count). The van der Waals surface area contributed by atoms with Crippen LogP contribution in [0.15, 0.2) is 93.6 Å². The summed E-state index contributed by atoms with van der Waals surface area (Å²) >= 11 is 1.42. The second-order valence-electron chi connectivity index (χ2n) is 5.27. The van der Waals surface area contributed by atoms with Gasteiger partial charge in [0.05, 0.1) is 11.3 Å². The molecule has 0 aliphatic carbocycles. The van der Waals surface area contributed by atoms with Crippen LogP contribution in [-0.4, -0.2) is 6.21 Å². The number of hydrogen-bond acceptors (Lipinski definition) is 2. The fraction of sp³-hybridized carbons (Fsp3) is 0.0500. The standard InChI is InChI=1S/C20H14F3NS.2ClH.Pd/c21-20(22,23)17-11-5-4-8-15(17)14-24-18-12-6-7-13-19(18)25-16-9-2-1-3-10-16;;;/h1-14H;2*1H;/q;;;+2/p-2. The van der Waals surface area contributed by atoms with Crippen molar-refractivity contribution in [2.45, 2.75) is 16.0 Å². The zero-order chi connectivity index (χ0) is 20.4. The molecule has 0 fully saturated rings. The number of alkyl halides is 3. The summed E-state index contributed by atoms with van der Waals surface area (Å²) in [5, 5.41) is 0. The van der Waals surface area contributed by atoms with Gasteiger partial charge in [0.2, 0.25) is 0 Å². The predicted molar refractivity (Wildman–Crippen MR) is 107 cm³/mol. The molecule has 0 amide bonds. The minimum absolute atomic E-state index is 0.0505. The summed E-state index contributed by atoms with van der Waals surface area (Å²) < 4.78 is 39.2. The Bertz CT molecular complexity index is 905. The van der Waals surface area contributed by atoms with E-state index in [0.29, 0.717) is 5.69 Å². The first-order chi connectivity index (χ1) is 13.5. The van der Waals surface area contributed by atoms with Crippen molar-refractivity contribution in [2.75, 3.05) is 0 Å². The van der Waals surface area contributed by atoms with Crippen molar-refractivity contribution in [1.29, 1.82) is 0 Å². The molecule has 0 aliphatic rings. The molecule has 0 saturated carbocycles. The molecule has 0 atom stereocenters. The van der Waals surface area contributed by atoms with Crippen LogP contribution in [0, 0.1) is 0 Å². The third-order valence-electron chi connectivity index (χ3n) is 3.45. The number of benzene rings is 3. The summed E-state index contributed by atoms with van der Waals surface area (Å²) in [6.07, 6.45) is -3.13. The Hall–Kier alpha value is -1.29. The van der Waals surface area contributed by atoms with E-state index in [1.807, 2.05) is 48.5 Å². The molecule has 0 aromatic heterocycles. The van der Waals surface area contributed by atoms with E-state index in [4.69, 9.17) is 19.1 Å². The molecule has 0 spiro atoms. The van der Waals surface area contributed by atoms with Crippen LogP contribution in [0.3, 0.4) is 0 Å². The van der Waals surface area contributed by atoms with Gasteiger partial charge in [-0.15, -0.1) is 0 Å². The van der Waals surface area contributed by atoms with Crippen LogP contribution in [0.25, 0.3) is 0 Å². The van der Waals surface area contributed by atoms with Crippen molar-refractivity contribution >= 4 is 42.7 Å². The van der Waals surface area contributed by atoms with Crippen LogP contribution in [0.5, 0.6) is 0 Å². The zero-order valence-corrected chi connectivity index (χ0v) is 18.0. The quantitative estimate of drug-likeness (QED) is 0.244. The van der Waals surface area contributed by atoms with Crippen molar-refractivity contribution in [2.24, 2.45) is 4.99 Å². The molecule has 0 saturated heterocycles. The van der Waals surface area contributed by atoms with Crippen LogP contribution >= 0.6 is 30.8 Å². The molecule has 28 heavy (non-hydrogen) atoms. The molecule has 0 bridgehead atoms. The molecule has 3 aromatic carbocycles. The second-order valence-corrected chi connectivity index (χ2v) is 8.75. The van der Waals surface area contributed by atoms with Crippen LogP contribution in [0.4, 0.5) is 18.9 Å². The summed E-state index contributed by atoms with van der Waals surface area (Å²) in [7, 11) is 9.63. The van der Waals surface area contributed by atoms with Crippen molar-refractivity contribution in [3.8, 4) is 0 Å². The first-order valence-electron chi connectivity index (χ1n) is 7.80. The molecule has 0 heterocycles. The van der Waals surface area contributed by atoms with E-state index >= 15 is 0 Å². The summed E-state index contributed by atoms with van der Waals surface area (Å²) in [6.45, 7) is 0. The minimum atomic E-state index is -4.40. The maximum absolute atomic E-state index is 13.1. The molecule has 0 aliphatic heterocycles. The van der Waals surface area contributed by atoms with Crippen LogP contribution < -0.4 is 0 Å². The molecular formula is C20H14Cl2F3NPdS. The van der Waals surface area contributed by atoms with Crippen LogP contribution in [-0.2, 0) is 22.1 Å². The van der Waals surface area contributed by atoms with Gasteiger partial charge in [-0.05, 0) is 30.3 Å². The van der Waals surface area contributed by atoms with E-state index in [1.54, 1.807) is 12.1 Å². The molecule has 0 N–H and O–H groups in total. The van der Waals surface area contributed by atoms with E-state index in [9.17, 15) is 13.2 Å². The van der Waals surface area contributed by atoms with Crippen LogP contribution in [0.1, 0.15) is 11.1 Å². The molecular weight excluding hydrogens is 521 g/mol. The Morgan fingerprint density at radius 2 is 1.39 bits per heavy atom. The van der Waals surface area contributed by atoms with Gasteiger partial charge in [-0.1, -0.05) is 60.3 Å². The van der Waals surface area contributed by atoms with Gasteiger partial charge in [0.1, 0.15) is 0 Å². The number of rotatable bonds is 4. The Labute approximate surface area is 182 Å². The van der Waals surface area contributed by atoms with Gasteiger partial charge in [0.25, 0.3) is 0 Å². The summed E-state index contributed by atoms with van der Waals surface area (Å²) in [4.78, 5) is 6.23. The number of halogens is 5. The Kier molecular flexibility index (Phi) is 9.57. The molecule has 0 unspecified atom stereocenters. The molecule has 3 aromatic rings. The Morgan fingerprint density at radius 1 is 0.821 bits per heavy atom. The fourth-order valence-corrected chi connectivity index (χ4v) is 3.19. The molecule has 1 nitrogen and oxygen atoms in total. The zero-order valence-electron chi connectivity index (χ0n) is 14.1. The summed E-state index contributed by atoms with van der Waals surface area (Å²) in [5.41, 5.74) is -0.00483. The van der Waals surface area contributed by atoms with Gasteiger partial charge in [0, 0.05) is 21.6 Å². The van der Waals surface area contributed by atoms with Gasteiger partial charge in [-0.3, -0.25) is 4.99 Å². The molecule has 8 heteroatoms. The summed E-state index contributed by atoms with van der Waals surface area (Å²) in [5.74, 6) is 0. The van der Waals surface area contributed by atoms with Crippen molar-refractivity contribution in [1.82, 2.24) is 0 Å². The Morgan fingerprint density at radius 3 is 2.07 bits per heavy atom. The van der Waals surface area contributed by atoms with Crippen molar-refractivity contribution in [3.05, 3.63) is 90.0 Å². The topological polar surface area (TPSA) is 12.4 Å². The SMILES string of the molecule is FC(F)(F)c1ccccc1C=Nc1ccccc1Sc1ccccc1.[Cl][Pd][Cl]. The summed E-state index contributed by atoms with van der Waals surface area (Å²) in [6, 6.07) is 22.6. The van der Waals surface area contributed by atoms with Gasteiger partial charge >= 0.3 is 41.2 Å². The average molecular weight is 535 g/mol. The van der Waals surface area contributed by atoms with E-state index in [0.717, 1.165) is 15.9 Å². The first-order valence-corrected chi connectivity index (χ1v) is 12.6. The normalized spacial score (nSPS) is 11.3. The van der Waals surface area contributed by atoms with Gasteiger partial charge in [-0.2, -0.15) is 13.2 Å². The van der Waals surface area contributed by atoms with Crippen molar-refractivity contribution in [3.63, 3.8) is 0 Å². The molecule has 150 valence electrons. The number of hydrogen-bond donors (Lipinski definition) is 0. The van der Waals surface area contributed by atoms with Gasteiger partial charge < -0.3 is 0 Å².